The Hall–Kier alpha value is -3.80. The van der Waals surface area contributed by atoms with Crippen LogP contribution in [0.3, 0.4) is 0 Å². The zero-order valence-electron chi connectivity index (χ0n) is 23.0. The number of nitrogens with one attached hydrogen (secondary N) is 3. The van der Waals surface area contributed by atoms with Gasteiger partial charge in [-0.1, -0.05) is 48.0 Å². The van der Waals surface area contributed by atoms with Crippen molar-refractivity contribution in [2.45, 2.75) is 45.3 Å². The van der Waals surface area contributed by atoms with E-state index >= 15 is 0 Å². The number of aromatic nitrogens is 1. The molecule has 0 radical (unpaired) electrons. The molecule has 0 saturated carbocycles. The third-order valence-electron chi connectivity index (χ3n) is 6.96. The first-order chi connectivity index (χ1) is 19.7. The van der Waals surface area contributed by atoms with Gasteiger partial charge in [-0.3, -0.25) is 19.9 Å². The molecule has 0 spiro atoms. The first-order valence-electron chi connectivity index (χ1n) is 13.5. The molecule has 2 atom stereocenters. The van der Waals surface area contributed by atoms with Gasteiger partial charge in [0.05, 0.1) is 11.1 Å². The van der Waals surface area contributed by atoms with E-state index in [2.05, 4.69) is 21.0 Å². The van der Waals surface area contributed by atoms with Gasteiger partial charge in [0, 0.05) is 57.1 Å². The van der Waals surface area contributed by atoms with Crippen LogP contribution in [0, 0.1) is 5.82 Å². The van der Waals surface area contributed by atoms with Gasteiger partial charge in [-0.2, -0.15) is 0 Å². The minimum atomic E-state index is -0.753. The van der Waals surface area contributed by atoms with Crippen molar-refractivity contribution in [1.29, 1.82) is 0 Å². The van der Waals surface area contributed by atoms with Crippen molar-refractivity contribution in [3.63, 3.8) is 0 Å². The van der Waals surface area contributed by atoms with Crippen molar-refractivity contribution in [1.82, 2.24) is 25.6 Å². The van der Waals surface area contributed by atoms with Gasteiger partial charge >= 0.3 is 6.09 Å². The lowest BCUT2D eigenvalue weighted by Crippen LogP contribution is -2.53. The van der Waals surface area contributed by atoms with E-state index in [9.17, 15) is 18.8 Å². The van der Waals surface area contributed by atoms with Crippen LogP contribution in [0.25, 0.3) is 10.8 Å². The third kappa shape index (κ3) is 8.12. The summed E-state index contributed by atoms with van der Waals surface area (Å²) in [5, 5.41) is 8.95. The summed E-state index contributed by atoms with van der Waals surface area (Å²) in [4.78, 5) is 44.5. The largest absolute Gasteiger partial charge is 0.447 e. The van der Waals surface area contributed by atoms with Gasteiger partial charge in [0.15, 0.2) is 0 Å². The molecule has 1 aliphatic heterocycles. The van der Waals surface area contributed by atoms with Crippen molar-refractivity contribution < 1.29 is 23.5 Å². The van der Waals surface area contributed by atoms with E-state index in [0.717, 1.165) is 10.8 Å². The topological polar surface area (TPSA) is 116 Å². The van der Waals surface area contributed by atoms with Crippen LogP contribution >= 0.6 is 11.6 Å². The van der Waals surface area contributed by atoms with Crippen LogP contribution in [0.5, 0.6) is 0 Å². The first-order valence-corrected chi connectivity index (χ1v) is 13.9. The Morgan fingerprint density at radius 2 is 2.00 bits per heavy atom. The predicted molar refractivity (Wildman–Crippen MR) is 155 cm³/mol. The SMILES string of the molecule is CC(=O)N(NCc1cccc(F)c1Cl)[C@@H](CCC(=O)N1CCNC[C@@H]1C)COC(=O)Nc1cc2ccccc2cn1. The van der Waals surface area contributed by atoms with Crippen molar-refractivity contribution >= 4 is 46.1 Å². The van der Waals surface area contributed by atoms with Crippen molar-refractivity contribution in [3.8, 4) is 0 Å². The smallest absolute Gasteiger partial charge is 0.412 e. The lowest BCUT2D eigenvalue weighted by atomic mass is 10.1. The van der Waals surface area contributed by atoms with Crippen LogP contribution in [0.1, 0.15) is 32.3 Å². The molecule has 1 fully saturated rings. The van der Waals surface area contributed by atoms with Crippen molar-refractivity contribution in [3.05, 3.63) is 71.1 Å². The van der Waals surface area contributed by atoms with Crippen LogP contribution < -0.4 is 16.1 Å². The van der Waals surface area contributed by atoms with Gasteiger partial charge in [0.1, 0.15) is 18.2 Å². The average Bonchev–Trinajstić information content (AvgIpc) is 2.96. The minimum Gasteiger partial charge on any atom is -0.447 e. The van der Waals surface area contributed by atoms with Gasteiger partial charge in [0.2, 0.25) is 11.8 Å². The number of carbonyl (C=O) groups excluding carboxylic acids is 3. The highest BCUT2D eigenvalue weighted by molar-refractivity contribution is 6.31. The van der Waals surface area contributed by atoms with Gasteiger partial charge in [-0.25, -0.2) is 19.6 Å². The molecule has 0 aliphatic carbocycles. The van der Waals surface area contributed by atoms with Gasteiger partial charge < -0.3 is 15.0 Å². The zero-order valence-corrected chi connectivity index (χ0v) is 23.8. The van der Waals surface area contributed by atoms with Gasteiger partial charge in [0.25, 0.3) is 0 Å². The molecule has 2 aromatic carbocycles. The van der Waals surface area contributed by atoms with Crippen LogP contribution in [0.2, 0.25) is 5.02 Å². The highest BCUT2D eigenvalue weighted by Gasteiger charge is 2.28. The number of rotatable bonds is 10. The molecule has 1 aromatic heterocycles. The third-order valence-corrected chi connectivity index (χ3v) is 7.38. The molecule has 3 N–H and O–H groups in total. The lowest BCUT2D eigenvalue weighted by Gasteiger charge is -2.35. The predicted octanol–water partition coefficient (Wildman–Crippen LogP) is 4.10. The highest BCUT2D eigenvalue weighted by atomic mass is 35.5. The number of amides is 3. The number of nitrogens with zero attached hydrogens (tertiary/aromatic N) is 3. The molecule has 0 bridgehead atoms. The van der Waals surface area contributed by atoms with Gasteiger partial charge in [-0.05, 0) is 36.4 Å². The standard InChI is InChI=1S/C29H34ClFN6O4/c1-19-15-32-12-13-36(19)27(39)11-10-24(37(20(2)38)34-17-23-8-5-9-25(31)28(23)30)18-41-29(40)35-26-14-21-6-3-4-7-22(21)16-33-26/h3-9,14,16,19,24,32,34H,10-13,15,17-18H2,1-2H3,(H,33,35,40)/t19-,24-/m0/s1. The van der Waals surface area contributed by atoms with E-state index < -0.39 is 18.0 Å². The number of pyridine rings is 1. The summed E-state index contributed by atoms with van der Waals surface area (Å²) in [6.45, 7) is 5.18. The van der Waals surface area contributed by atoms with E-state index in [1.54, 1.807) is 18.3 Å². The highest BCUT2D eigenvalue weighted by Crippen LogP contribution is 2.20. The Balaban J connectivity index is 1.44. The molecule has 3 aromatic rings. The van der Waals surface area contributed by atoms with Crippen molar-refractivity contribution in [2.24, 2.45) is 0 Å². The lowest BCUT2D eigenvalue weighted by molar-refractivity contribution is -0.139. The van der Waals surface area contributed by atoms with Crippen LogP contribution in [-0.2, 0) is 20.9 Å². The second-order valence-electron chi connectivity index (χ2n) is 9.91. The summed E-state index contributed by atoms with van der Waals surface area (Å²) in [5.41, 5.74) is 3.43. The number of carbonyl (C=O) groups is 3. The minimum absolute atomic E-state index is 0.0443. The number of hydrogen-bond donors (Lipinski definition) is 3. The Bertz CT molecular complexity index is 1390. The average molecular weight is 585 g/mol. The van der Waals surface area contributed by atoms with Crippen LogP contribution in [0.4, 0.5) is 15.0 Å². The Morgan fingerprint density at radius 3 is 2.76 bits per heavy atom. The molecule has 10 nitrogen and oxygen atoms in total. The summed E-state index contributed by atoms with van der Waals surface area (Å²) in [5.74, 6) is -0.679. The molecular weight excluding hydrogens is 551 g/mol. The Kier molecular flexibility index (Phi) is 10.4. The fraction of sp³-hybridized carbons (Fsp3) is 0.379. The quantitative estimate of drug-likeness (QED) is 0.307. The molecule has 218 valence electrons. The van der Waals surface area contributed by atoms with Crippen LogP contribution in [0.15, 0.2) is 54.7 Å². The van der Waals surface area contributed by atoms with Crippen LogP contribution in [-0.4, -0.2) is 71.1 Å². The Morgan fingerprint density at radius 1 is 1.22 bits per heavy atom. The van der Waals surface area contributed by atoms with Gasteiger partial charge in [-0.15, -0.1) is 0 Å². The number of hydrazine groups is 1. The molecule has 0 unspecified atom stereocenters. The molecule has 1 aliphatic rings. The number of piperazine rings is 1. The maximum absolute atomic E-state index is 14.0. The number of halogens is 2. The number of anilines is 1. The van der Waals surface area contributed by atoms with Crippen molar-refractivity contribution in [2.75, 3.05) is 31.6 Å². The number of benzene rings is 2. The first kappa shape index (κ1) is 30.2. The number of ether oxygens (including phenoxy) is 1. The molecule has 41 heavy (non-hydrogen) atoms. The summed E-state index contributed by atoms with van der Waals surface area (Å²) in [6, 6.07) is 13.1. The molecule has 1 saturated heterocycles. The number of fused-ring (bicyclic) bond motifs is 1. The van der Waals surface area contributed by atoms with E-state index in [-0.39, 0.29) is 48.9 Å². The molecular formula is C29H34ClFN6O4. The fourth-order valence-corrected chi connectivity index (χ4v) is 4.94. The summed E-state index contributed by atoms with van der Waals surface area (Å²) in [6.07, 6.45) is 1.25. The maximum Gasteiger partial charge on any atom is 0.412 e. The maximum atomic E-state index is 14.0. The fourth-order valence-electron chi connectivity index (χ4n) is 4.75. The summed E-state index contributed by atoms with van der Waals surface area (Å²) in [7, 11) is 0. The van der Waals surface area contributed by atoms with E-state index in [1.807, 2.05) is 36.1 Å². The second kappa shape index (κ2) is 14.2. The molecule has 4 rings (SSSR count). The summed E-state index contributed by atoms with van der Waals surface area (Å²) < 4.78 is 19.5. The Labute approximate surface area is 243 Å². The van der Waals surface area contributed by atoms with E-state index in [0.29, 0.717) is 31.0 Å². The molecule has 12 heteroatoms. The summed E-state index contributed by atoms with van der Waals surface area (Å²) >= 11 is 6.10. The van der Waals surface area contributed by atoms with E-state index in [4.69, 9.17) is 16.3 Å². The molecule has 3 amide bonds. The second-order valence-corrected chi connectivity index (χ2v) is 10.3. The monoisotopic (exact) mass is 584 g/mol. The number of hydrogen-bond acceptors (Lipinski definition) is 7. The van der Waals surface area contributed by atoms with E-state index in [1.165, 1.54) is 24.1 Å². The zero-order chi connectivity index (χ0) is 29.4. The normalized spacial score (nSPS) is 15.8. The molecule has 2 heterocycles.